The number of methoxy groups -OCH3 is 1. The summed E-state index contributed by atoms with van der Waals surface area (Å²) in [7, 11) is 5.48. The summed E-state index contributed by atoms with van der Waals surface area (Å²) in [6.07, 6.45) is 0.591. The zero-order chi connectivity index (χ0) is 21.8. The smallest absolute Gasteiger partial charge is 0.295 e. The summed E-state index contributed by atoms with van der Waals surface area (Å²) in [5, 5.41) is 11.0. The number of aliphatic hydroxyl groups is 1. The number of carbonyl (C=O) groups excluding carboxylic acids is 2. The topological polar surface area (TPSA) is 70.1 Å². The molecule has 0 aliphatic carbocycles. The Morgan fingerprint density at radius 1 is 1.10 bits per heavy atom. The first-order chi connectivity index (χ1) is 14.3. The number of anilines is 1. The van der Waals surface area contributed by atoms with E-state index in [1.807, 2.05) is 43.3 Å². The van der Waals surface area contributed by atoms with E-state index in [1.54, 1.807) is 31.4 Å². The van der Waals surface area contributed by atoms with E-state index in [9.17, 15) is 14.7 Å². The summed E-state index contributed by atoms with van der Waals surface area (Å²) in [6, 6.07) is 14.0. The highest BCUT2D eigenvalue weighted by Crippen LogP contribution is 2.40. The average Bonchev–Trinajstić information content (AvgIpc) is 2.99. The molecule has 1 aliphatic rings. The summed E-state index contributed by atoms with van der Waals surface area (Å²) in [5.74, 6) is -1.45. The van der Waals surface area contributed by atoms with E-state index in [2.05, 4.69) is 15.9 Å². The molecule has 0 spiro atoms. The van der Waals surface area contributed by atoms with E-state index in [0.717, 1.165) is 15.7 Å². The molecule has 2 aromatic rings. The number of rotatable bonds is 7. The van der Waals surface area contributed by atoms with Crippen molar-refractivity contribution in [3.63, 3.8) is 0 Å². The quantitative estimate of drug-likeness (QED) is 0.285. The number of halogens is 1. The average molecular weight is 473 g/mol. The van der Waals surface area contributed by atoms with Crippen molar-refractivity contribution in [3.8, 4) is 0 Å². The van der Waals surface area contributed by atoms with Crippen molar-refractivity contribution in [2.75, 3.05) is 39.3 Å². The Bertz CT molecular complexity index is 952. The van der Waals surface area contributed by atoms with Crippen LogP contribution in [0.1, 0.15) is 23.6 Å². The van der Waals surface area contributed by atoms with Gasteiger partial charge in [0, 0.05) is 50.1 Å². The summed E-state index contributed by atoms with van der Waals surface area (Å²) in [4.78, 5) is 29.3. The zero-order valence-corrected chi connectivity index (χ0v) is 18.8. The van der Waals surface area contributed by atoms with Crippen LogP contribution in [0.5, 0.6) is 0 Å². The Hall–Kier alpha value is -2.64. The van der Waals surface area contributed by atoms with Crippen molar-refractivity contribution >= 4 is 39.1 Å². The number of likely N-dealkylation sites (tertiary alicyclic amines) is 1. The van der Waals surface area contributed by atoms with Crippen LogP contribution in [-0.2, 0) is 14.3 Å². The van der Waals surface area contributed by atoms with Crippen molar-refractivity contribution in [2.24, 2.45) is 0 Å². The Kier molecular flexibility index (Phi) is 6.95. The van der Waals surface area contributed by atoms with E-state index >= 15 is 0 Å². The van der Waals surface area contributed by atoms with Gasteiger partial charge in [0.1, 0.15) is 5.76 Å². The first-order valence-corrected chi connectivity index (χ1v) is 10.4. The molecule has 6 nitrogen and oxygen atoms in total. The molecule has 1 saturated heterocycles. The van der Waals surface area contributed by atoms with Crippen molar-refractivity contribution < 1.29 is 19.4 Å². The van der Waals surface area contributed by atoms with Crippen LogP contribution in [-0.4, -0.2) is 56.1 Å². The highest BCUT2D eigenvalue weighted by molar-refractivity contribution is 9.10. The molecule has 7 heteroatoms. The lowest BCUT2D eigenvalue weighted by Gasteiger charge is -2.26. The fourth-order valence-corrected chi connectivity index (χ4v) is 3.82. The van der Waals surface area contributed by atoms with Crippen LogP contribution < -0.4 is 4.90 Å². The Morgan fingerprint density at radius 2 is 1.73 bits per heavy atom. The maximum Gasteiger partial charge on any atom is 0.295 e. The monoisotopic (exact) mass is 472 g/mol. The number of ether oxygens (including phenoxy) is 1. The highest BCUT2D eigenvalue weighted by Gasteiger charge is 2.45. The van der Waals surface area contributed by atoms with Gasteiger partial charge in [0.2, 0.25) is 0 Å². The number of ketones is 1. The summed E-state index contributed by atoms with van der Waals surface area (Å²) in [5.41, 5.74) is 2.37. The number of Topliss-reactive ketones (excluding diaryl/α,β-unsaturated/α-hetero) is 1. The van der Waals surface area contributed by atoms with Crippen LogP contribution in [0, 0.1) is 0 Å². The third kappa shape index (κ3) is 4.42. The molecule has 1 N–H and O–H groups in total. The third-order valence-corrected chi connectivity index (χ3v) is 5.66. The lowest BCUT2D eigenvalue weighted by Crippen LogP contribution is -2.31. The number of aliphatic hydroxyl groups excluding tert-OH is 1. The van der Waals surface area contributed by atoms with Gasteiger partial charge in [-0.1, -0.05) is 40.2 Å². The van der Waals surface area contributed by atoms with Gasteiger partial charge in [-0.2, -0.15) is 0 Å². The molecule has 1 aliphatic heterocycles. The predicted octanol–water partition coefficient (Wildman–Crippen LogP) is 3.97. The van der Waals surface area contributed by atoms with Crippen LogP contribution in [0.25, 0.3) is 5.76 Å². The number of hydrogen-bond donors (Lipinski definition) is 1. The van der Waals surface area contributed by atoms with Gasteiger partial charge in [0.15, 0.2) is 0 Å². The molecule has 0 aromatic heterocycles. The fourth-order valence-electron chi connectivity index (χ4n) is 3.55. The minimum Gasteiger partial charge on any atom is -0.507 e. The third-order valence-electron chi connectivity index (χ3n) is 5.13. The molecule has 1 heterocycles. The fraction of sp³-hybridized carbons (Fsp3) is 0.304. The standard InChI is InChI=1S/C23H25BrN2O4/c1-25(2)18-11-7-15(8-12-18)20-19(21(27)16-5-9-17(24)10-6-16)22(28)23(29)26(20)13-4-14-30-3/h5-12,20,27H,4,13-14H2,1-3H3/b21-19-. The molecule has 1 fully saturated rings. The van der Waals surface area contributed by atoms with Crippen LogP contribution in [0.2, 0.25) is 0 Å². The van der Waals surface area contributed by atoms with Gasteiger partial charge in [0.05, 0.1) is 11.6 Å². The Labute approximate surface area is 184 Å². The van der Waals surface area contributed by atoms with Gasteiger partial charge in [-0.25, -0.2) is 0 Å². The van der Waals surface area contributed by atoms with Crippen LogP contribution in [0.15, 0.2) is 58.6 Å². The van der Waals surface area contributed by atoms with Gasteiger partial charge in [-0.15, -0.1) is 0 Å². The number of nitrogens with zero attached hydrogens (tertiary/aromatic N) is 2. The second-order valence-corrected chi connectivity index (χ2v) is 8.25. The summed E-state index contributed by atoms with van der Waals surface area (Å²) < 4.78 is 5.96. The first kappa shape index (κ1) is 22.1. The molecule has 0 saturated carbocycles. The molecule has 30 heavy (non-hydrogen) atoms. The molecular weight excluding hydrogens is 448 g/mol. The Balaban J connectivity index is 2.10. The molecule has 1 atom stereocenters. The number of amides is 1. The maximum absolute atomic E-state index is 12.9. The molecule has 0 bridgehead atoms. The van der Waals surface area contributed by atoms with Crippen LogP contribution in [0.3, 0.4) is 0 Å². The van der Waals surface area contributed by atoms with Gasteiger partial charge in [-0.05, 0) is 36.2 Å². The number of hydrogen-bond acceptors (Lipinski definition) is 5. The zero-order valence-electron chi connectivity index (χ0n) is 17.3. The second kappa shape index (κ2) is 9.45. The minimum atomic E-state index is -0.672. The van der Waals surface area contributed by atoms with Crippen LogP contribution in [0.4, 0.5) is 5.69 Å². The van der Waals surface area contributed by atoms with Gasteiger partial charge >= 0.3 is 0 Å². The number of benzene rings is 2. The normalized spacial score (nSPS) is 18.1. The second-order valence-electron chi connectivity index (χ2n) is 7.33. The molecule has 1 unspecified atom stereocenters. The minimum absolute atomic E-state index is 0.109. The summed E-state index contributed by atoms with van der Waals surface area (Å²) >= 11 is 3.37. The van der Waals surface area contributed by atoms with E-state index < -0.39 is 17.7 Å². The van der Waals surface area contributed by atoms with Crippen molar-refractivity contribution in [3.05, 3.63) is 69.7 Å². The molecule has 0 radical (unpaired) electrons. The SMILES string of the molecule is COCCCN1C(=O)C(=O)/C(=C(\O)c2ccc(Br)cc2)C1c1ccc(N(C)C)cc1. The van der Waals surface area contributed by atoms with Crippen molar-refractivity contribution in [2.45, 2.75) is 12.5 Å². The van der Waals surface area contributed by atoms with E-state index in [0.29, 0.717) is 25.1 Å². The highest BCUT2D eigenvalue weighted by atomic mass is 79.9. The first-order valence-electron chi connectivity index (χ1n) is 9.65. The lowest BCUT2D eigenvalue weighted by atomic mass is 9.95. The lowest BCUT2D eigenvalue weighted by molar-refractivity contribution is -0.140. The molecule has 1 amide bonds. The summed E-state index contributed by atoms with van der Waals surface area (Å²) in [6.45, 7) is 0.831. The molecule has 2 aromatic carbocycles. The van der Waals surface area contributed by atoms with Gasteiger partial charge < -0.3 is 19.6 Å². The van der Waals surface area contributed by atoms with E-state index in [-0.39, 0.29) is 11.3 Å². The molecular formula is C23H25BrN2O4. The van der Waals surface area contributed by atoms with Gasteiger partial charge in [-0.3, -0.25) is 9.59 Å². The van der Waals surface area contributed by atoms with Crippen molar-refractivity contribution in [1.82, 2.24) is 4.90 Å². The van der Waals surface area contributed by atoms with E-state index in [4.69, 9.17) is 4.74 Å². The Morgan fingerprint density at radius 3 is 2.30 bits per heavy atom. The maximum atomic E-state index is 12.9. The number of carbonyl (C=O) groups is 2. The van der Waals surface area contributed by atoms with Crippen LogP contribution >= 0.6 is 15.9 Å². The largest absolute Gasteiger partial charge is 0.507 e. The molecule has 158 valence electrons. The van der Waals surface area contributed by atoms with Gasteiger partial charge in [0.25, 0.3) is 11.7 Å². The van der Waals surface area contributed by atoms with Crippen molar-refractivity contribution in [1.29, 1.82) is 0 Å². The molecule has 3 rings (SSSR count). The van der Waals surface area contributed by atoms with E-state index in [1.165, 1.54) is 4.90 Å². The predicted molar refractivity (Wildman–Crippen MR) is 120 cm³/mol.